The van der Waals surface area contributed by atoms with Crippen LogP contribution >= 0.6 is 0 Å². The van der Waals surface area contributed by atoms with Gasteiger partial charge in [-0.1, -0.05) is 30.3 Å². The van der Waals surface area contributed by atoms with Crippen molar-refractivity contribution in [2.75, 3.05) is 0 Å². The van der Waals surface area contributed by atoms with Gasteiger partial charge in [-0.25, -0.2) is 8.78 Å². The van der Waals surface area contributed by atoms with Gasteiger partial charge in [-0.3, -0.25) is 0 Å². The highest BCUT2D eigenvalue weighted by Crippen LogP contribution is 2.35. The van der Waals surface area contributed by atoms with Crippen LogP contribution in [0.15, 0.2) is 36.4 Å². The number of rotatable bonds is 2. The first-order valence-corrected chi connectivity index (χ1v) is 7.34. The number of hydrogen-bond acceptors (Lipinski definition) is 1. The second-order valence-corrected chi connectivity index (χ2v) is 5.89. The summed E-state index contributed by atoms with van der Waals surface area (Å²) in [6.07, 6.45) is 2.57. The van der Waals surface area contributed by atoms with E-state index in [2.05, 4.69) is 12.1 Å². The number of halogens is 2. The average Bonchev–Trinajstić information content (AvgIpc) is 2.51. The molecule has 3 heteroatoms. The van der Waals surface area contributed by atoms with Crippen molar-refractivity contribution in [3.63, 3.8) is 0 Å². The van der Waals surface area contributed by atoms with Gasteiger partial charge in [0.2, 0.25) is 0 Å². The molecule has 21 heavy (non-hydrogen) atoms. The summed E-state index contributed by atoms with van der Waals surface area (Å²) in [6.45, 7) is 1.64. The van der Waals surface area contributed by atoms with Gasteiger partial charge in [0, 0.05) is 11.6 Å². The molecule has 110 valence electrons. The summed E-state index contributed by atoms with van der Waals surface area (Å²) in [5.74, 6) is -0.962. The molecular weight excluding hydrogens is 268 g/mol. The van der Waals surface area contributed by atoms with Crippen molar-refractivity contribution in [3.8, 4) is 0 Å². The molecule has 2 aromatic rings. The highest BCUT2D eigenvalue weighted by molar-refractivity contribution is 5.33. The minimum absolute atomic E-state index is 0.0411. The Kier molecular flexibility index (Phi) is 3.77. The molecule has 0 heterocycles. The fraction of sp³-hybridized carbons (Fsp3) is 0.333. The van der Waals surface area contributed by atoms with Gasteiger partial charge >= 0.3 is 0 Å². The van der Waals surface area contributed by atoms with Gasteiger partial charge in [0.1, 0.15) is 11.6 Å². The van der Waals surface area contributed by atoms with E-state index in [1.165, 1.54) is 23.3 Å². The van der Waals surface area contributed by atoms with Crippen LogP contribution in [0.3, 0.4) is 0 Å². The fourth-order valence-electron chi connectivity index (χ4n) is 3.25. The Morgan fingerprint density at radius 2 is 1.81 bits per heavy atom. The summed E-state index contributed by atoms with van der Waals surface area (Å²) in [5, 5.41) is 0. The Balaban J connectivity index is 1.91. The van der Waals surface area contributed by atoms with Crippen molar-refractivity contribution in [1.29, 1.82) is 0 Å². The van der Waals surface area contributed by atoms with Gasteiger partial charge < -0.3 is 5.73 Å². The van der Waals surface area contributed by atoms with E-state index in [-0.39, 0.29) is 11.5 Å². The molecule has 1 nitrogen and oxygen atoms in total. The first kappa shape index (κ1) is 14.2. The standard InChI is InChI=1S/C18H19F2N/c1-11-6-9-15(19)16(17(11)20)18(21)14-8-7-12-4-2-3-5-13(12)10-14/h2-6,9,14,18H,7-8,10,21H2,1H3. The molecular formula is C18H19F2N. The summed E-state index contributed by atoms with van der Waals surface area (Å²) in [5.41, 5.74) is 9.27. The summed E-state index contributed by atoms with van der Waals surface area (Å²) in [4.78, 5) is 0. The third kappa shape index (κ3) is 2.58. The van der Waals surface area contributed by atoms with E-state index in [1.807, 2.05) is 12.1 Å². The lowest BCUT2D eigenvalue weighted by Crippen LogP contribution is -2.28. The zero-order chi connectivity index (χ0) is 15.0. The number of fused-ring (bicyclic) bond motifs is 1. The van der Waals surface area contributed by atoms with Crippen LogP contribution in [0, 0.1) is 24.5 Å². The molecule has 0 aliphatic heterocycles. The molecule has 0 fully saturated rings. The minimum atomic E-state index is -0.599. The molecule has 0 radical (unpaired) electrons. The second kappa shape index (κ2) is 5.57. The normalized spacial score (nSPS) is 19.1. The average molecular weight is 287 g/mol. The smallest absolute Gasteiger partial charge is 0.133 e. The van der Waals surface area contributed by atoms with Gasteiger partial charge in [0.05, 0.1) is 0 Å². The molecule has 2 aromatic carbocycles. The maximum absolute atomic E-state index is 14.2. The van der Waals surface area contributed by atoms with E-state index < -0.39 is 17.7 Å². The zero-order valence-electron chi connectivity index (χ0n) is 12.1. The summed E-state index contributed by atoms with van der Waals surface area (Å²) in [6, 6.07) is 10.4. The van der Waals surface area contributed by atoms with E-state index in [4.69, 9.17) is 5.73 Å². The van der Waals surface area contributed by atoms with Gasteiger partial charge in [-0.2, -0.15) is 0 Å². The van der Waals surface area contributed by atoms with Gasteiger partial charge in [0.15, 0.2) is 0 Å². The molecule has 2 atom stereocenters. The van der Waals surface area contributed by atoms with Crippen molar-refractivity contribution in [2.45, 2.75) is 32.2 Å². The predicted molar refractivity (Wildman–Crippen MR) is 80.0 cm³/mol. The summed E-state index contributed by atoms with van der Waals surface area (Å²) in [7, 11) is 0. The molecule has 3 rings (SSSR count). The highest BCUT2D eigenvalue weighted by Gasteiger charge is 2.29. The van der Waals surface area contributed by atoms with Crippen LogP contribution in [0.4, 0.5) is 8.78 Å². The largest absolute Gasteiger partial charge is 0.324 e. The summed E-state index contributed by atoms with van der Waals surface area (Å²) >= 11 is 0. The number of nitrogens with two attached hydrogens (primary N) is 1. The molecule has 0 bridgehead atoms. The molecule has 2 N–H and O–H groups in total. The third-order valence-electron chi connectivity index (χ3n) is 4.55. The maximum atomic E-state index is 14.2. The molecule has 0 saturated heterocycles. The van der Waals surface area contributed by atoms with Crippen molar-refractivity contribution in [2.24, 2.45) is 11.7 Å². The Morgan fingerprint density at radius 1 is 1.10 bits per heavy atom. The van der Waals surface area contributed by atoms with Crippen molar-refractivity contribution < 1.29 is 8.78 Å². The van der Waals surface area contributed by atoms with Crippen molar-refractivity contribution in [1.82, 2.24) is 0 Å². The van der Waals surface area contributed by atoms with Gasteiger partial charge in [0.25, 0.3) is 0 Å². The first-order valence-electron chi connectivity index (χ1n) is 7.34. The van der Waals surface area contributed by atoms with Crippen molar-refractivity contribution >= 4 is 0 Å². The van der Waals surface area contributed by atoms with Crippen LogP contribution in [0.5, 0.6) is 0 Å². The van der Waals surface area contributed by atoms with Crippen LogP contribution in [0.1, 0.15) is 34.7 Å². The number of benzene rings is 2. The first-order chi connectivity index (χ1) is 10.1. The number of hydrogen-bond donors (Lipinski definition) is 1. The van der Waals surface area contributed by atoms with E-state index in [0.717, 1.165) is 19.3 Å². The van der Waals surface area contributed by atoms with Crippen LogP contribution in [-0.4, -0.2) is 0 Å². The molecule has 1 aliphatic carbocycles. The second-order valence-electron chi connectivity index (χ2n) is 5.89. The van der Waals surface area contributed by atoms with Crippen LogP contribution in [0.2, 0.25) is 0 Å². The van der Waals surface area contributed by atoms with E-state index >= 15 is 0 Å². The fourth-order valence-corrected chi connectivity index (χ4v) is 3.25. The van der Waals surface area contributed by atoms with Crippen LogP contribution in [-0.2, 0) is 12.8 Å². The lowest BCUT2D eigenvalue weighted by atomic mass is 9.78. The van der Waals surface area contributed by atoms with Crippen LogP contribution in [0.25, 0.3) is 0 Å². The molecule has 0 amide bonds. The highest BCUT2D eigenvalue weighted by atomic mass is 19.1. The van der Waals surface area contributed by atoms with Crippen LogP contribution < -0.4 is 5.73 Å². The summed E-state index contributed by atoms with van der Waals surface area (Å²) < 4.78 is 28.3. The molecule has 0 spiro atoms. The molecule has 2 unspecified atom stereocenters. The lowest BCUT2D eigenvalue weighted by molar-refractivity contribution is 0.361. The monoisotopic (exact) mass is 287 g/mol. The Morgan fingerprint density at radius 3 is 2.57 bits per heavy atom. The Hall–Kier alpha value is -1.74. The minimum Gasteiger partial charge on any atom is -0.324 e. The van der Waals surface area contributed by atoms with Gasteiger partial charge in [-0.15, -0.1) is 0 Å². The Bertz CT molecular complexity index is 666. The quantitative estimate of drug-likeness (QED) is 0.885. The van der Waals surface area contributed by atoms with Gasteiger partial charge in [-0.05, 0) is 54.9 Å². The number of aryl methyl sites for hydroxylation is 2. The van der Waals surface area contributed by atoms with E-state index in [0.29, 0.717) is 5.56 Å². The SMILES string of the molecule is Cc1ccc(F)c(C(N)C2CCc3ccccc3C2)c1F. The van der Waals surface area contributed by atoms with E-state index in [9.17, 15) is 8.78 Å². The molecule has 0 saturated carbocycles. The third-order valence-corrected chi connectivity index (χ3v) is 4.55. The molecule has 0 aromatic heterocycles. The topological polar surface area (TPSA) is 26.0 Å². The zero-order valence-corrected chi connectivity index (χ0v) is 12.1. The van der Waals surface area contributed by atoms with Crippen molar-refractivity contribution in [3.05, 3.63) is 70.3 Å². The molecule has 1 aliphatic rings. The van der Waals surface area contributed by atoms with E-state index in [1.54, 1.807) is 6.92 Å². The lowest BCUT2D eigenvalue weighted by Gasteiger charge is -2.30. The maximum Gasteiger partial charge on any atom is 0.133 e. The Labute approximate surface area is 123 Å². The predicted octanol–water partition coefficient (Wildman–Crippen LogP) is 4.08.